The van der Waals surface area contributed by atoms with Crippen molar-refractivity contribution in [2.45, 2.75) is 37.9 Å². The van der Waals surface area contributed by atoms with Crippen molar-refractivity contribution in [3.8, 4) is 0 Å². The number of halogens is 2. The van der Waals surface area contributed by atoms with Crippen molar-refractivity contribution >= 4 is 48.9 Å². The van der Waals surface area contributed by atoms with E-state index >= 15 is 0 Å². The van der Waals surface area contributed by atoms with Crippen LogP contribution in [0, 0.1) is 5.41 Å². The molecule has 18 heavy (non-hydrogen) atoms. The first-order valence-corrected chi connectivity index (χ1v) is 8.83. The molecule has 1 aromatic heterocycles. The Bertz CT molecular complexity index is 514. The summed E-state index contributed by atoms with van der Waals surface area (Å²) in [6.45, 7) is 7.95. The Balaban J connectivity index is 3.15. The Morgan fingerprint density at radius 1 is 1.44 bits per heavy atom. The van der Waals surface area contributed by atoms with E-state index in [9.17, 15) is 8.42 Å². The summed E-state index contributed by atoms with van der Waals surface area (Å²) >= 11 is 10.3. The summed E-state index contributed by atoms with van der Waals surface area (Å²) in [6.07, 6.45) is 0. The van der Waals surface area contributed by atoms with Crippen LogP contribution in [-0.4, -0.2) is 25.8 Å². The van der Waals surface area contributed by atoms with Gasteiger partial charge < -0.3 is 0 Å². The first-order valence-electron chi connectivity index (χ1n) is 5.41. The maximum Gasteiger partial charge on any atom is 0.252 e. The number of hydrogen-bond donors (Lipinski definition) is 0. The molecule has 1 unspecified atom stereocenters. The number of thiophene rings is 1. The van der Waals surface area contributed by atoms with E-state index in [2.05, 4.69) is 15.9 Å². The largest absolute Gasteiger partial charge is 0.252 e. The Morgan fingerprint density at radius 2 is 1.94 bits per heavy atom. The van der Waals surface area contributed by atoms with E-state index in [0.717, 1.165) is 11.3 Å². The third-order valence-corrected chi connectivity index (χ3v) is 7.91. The van der Waals surface area contributed by atoms with Crippen molar-refractivity contribution in [2.24, 2.45) is 5.41 Å². The lowest BCUT2D eigenvalue weighted by atomic mass is 9.88. The zero-order valence-corrected chi connectivity index (χ0v) is 15.0. The van der Waals surface area contributed by atoms with Crippen LogP contribution in [0.4, 0.5) is 0 Å². The molecule has 104 valence electrons. The van der Waals surface area contributed by atoms with Crippen molar-refractivity contribution in [3.63, 3.8) is 0 Å². The molecule has 0 N–H and O–H groups in total. The fourth-order valence-corrected chi connectivity index (χ4v) is 5.48. The molecule has 3 nitrogen and oxygen atoms in total. The molecule has 7 heteroatoms. The molecule has 0 saturated carbocycles. The molecule has 0 radical (unpaired) electrons. The average Bonchev–Trinajstić information content (AvgIpc) is 2.56. The fraction of sp³-hybridized carbons (Fsp3) is 0.636. The molecule has 0 aliphatic carbocycles. The molecule has 0 fully saturated rings. The molecule has 0 bridgehead atoms. The van der Waals surface area contributed by atoms with Gasteiger partial charge in [0.05, 0.1) is 8.81 Å². The van der Waals surface area contributed by atoms with E-state index in [0.29, 0.717) is 8.81 Å². The van der Waals surface area contributed by atoms with Gasteiger partial charge in [-0.2, -0.15) is 4.31 Å². The summed E-state index contributed by atoms with van der Waals surface area (Å²) in [6, 6.07) is 1.37. The van der Waals surface area contributed by atoms with Crippen molar-refractivity contribution in [3.05, 3.63) is 14.9 Å². The highest BCUT2D eigenvalue weighted by atomic mass is 79.9. The van der Waals surface area contributed by atoms with Crippen molar-refractivity contribution in [1.29, 1.82) is 0 Å². The quantitative estimate of drug-likeness (QED) is 0.794. The first kappa shape index (κ1) is 16.4. The summed E-state index contributed by atoms with van der Waals surface area (Å²) in [4.78, 5) is 0. The highest BCUT2D eigenvalue weighted by molar-refractivity contribution is 9.11. The highest BCUT2D eigenvalue weighted by Gasteiger charge is 2.33. The van der Waals surface area contributed by atoms with Crippen LogP contribution in [0.1, 0.15) is 27.7 Å². The van der Waals surface area contributed by atoms with Crippen LogP contribution in [0.15, 0.2) is 14.1 Å². The molecule has 1 aromatic rings. The van der Waals surface area contributed by atoms with Crippen LogP contribution in [0.25, 0.3) is 0 Å². The van der Waals surface area contributed by atoms with Crippen molar-refractivity contribution < 1.29 is 8.42 Å². The van der Waals surface area contributed by atoms with Gasteiger partial charge in [0, 0.05) is 13.1 Å². The minimum atomic E-state index is -3.49. The van der Waals surface area contributed by atoms with Crippen molar-refractivity contribution in [2.75, 3.05) is 7.05 Å². The topological polar surface area (TPSA) is 37.4 Å². The average molecular weight is 375 g/mol. The van der Waals surface area contributed by atoms with Gasteiger partial charge >= 0.3 is 0 Å². The molecule has 1 atom stereocenters. The van der Waals surface area contributed by atoms with Gasteiger partial charge in [-0.25, -0.2) is 8.42 Å². The Kier molecular flexibility index (Phi) is 4.93. The van der Waals surface area contributed by atoms with Gasteiger partial charge in [0.15, 0.2) is 0 Å². The standard InChI is InChI=1S/C11H17BrClNO2S2/c1-7(11(2,3)4)14(5)18(15,16)9-6-8(13)10(12)17-9/h6-7H,1-5H3. The van der Waals surface area contributed by atoms with Gasteiger partial charge in [0.1, 0.15) is 4.21 Å². The molecule has 0 amide bonds. The van der Waals surface area contributed by atoms with E-state index < -0.39 is 10.0 Å². The number of hydrogen-bond acceptors (Lipinski definition) is 3. The molecule has 0 saturated heterocycles. The highest BCUT2D eigenvalue weighted by Crippen LogP contribution is 2.37. The van der Waals surface area contributed by atoms with Gasteiger partial charge in [-0.3, -0.25) is 0 Å². The minimum Gasteiger partial charge on any atom is -0.206 e. The zero-order valence-electron chi connectivity index (χ0n) is 11.0. The summed E-state index contributed by atoms with van der Waals surface area (Å²) in [7, 11) is -1.88. The molecule has 1 rings (SSSR count). The summed E-state index contributed by atoms with van der Waals surface area (Å²) < 4.78 is 27.2. The van der Waals surface area contributed by atoms with Crippen LogP contribution in [0.5, 0.6) is 0 Å². The van der Waals surface area contributed by atoms with E-state index in [-0.39, 0.29) is 15.7 Å². The summed E-state index contributed by atoms with van der Waals surface area (Å²) in [5.74, 6) is 0. The summed E-state index contributed by atoms with van der Waals surface area (Å²) in [5.41, 5.74) is -0.125. The van der Waals surface area contributed by atoms with Gasteiger partial charge in [-0.15, -0.1) is 11.3 Å². The molecule has 1 heterocycles. The van der Waals surface area contributed by atoms with Gasteiger partial charge in [-0.1, -0.05) is 32.4 Å². The SMILES string of the molecule is CC(N(C)S(=O)(=O)c1cc(Cl)c(Br)s1)C(C)(C)C. The van der Waals surface area contributed by atoms with Crippen LogP contribution in [0.3, 0.4) is 0 Å². The van der Waals surface area contributed by atoms with Gasteiger partial charge in [-0.05, 0) is 34.3 Å². The van der Waals surface area contributed by atoms with Crippen LogP contribution >= 0.6 is 38.9 Å². The summed E-state index contributed by atoms with van der Waals surface area (Å²) in [5, 5.41) is 0.426. The zero-order chi connectivity index (χ0) is 14.3. The lowest BCUT2D eigenvalue weighted by Crippen LogP contribution is -2.42. The third-order valence-electron chi connectivity index (χ3n) is 3.05. The molecule has 0 spiro atoms. The fourth-order valence-electron chi connectivity index (χ4n) is 1.35. The monoisotopic (exact) mass is 373 g/mol. The van der Waals surface area contributed by atoms with E-state index in [1.807, 2.05) is 27.7 Å². The number of rotatable bonds is 3. The van der Waals surface area contributed by atoms with Crippen LogP contribution in [0.2, 0.25) is 5.02 Å². The van der Waals surface area contributed by atoms with Gasteiger partial charge in [0.2, 0.25) is 0 Å². The second-order valence-corrected chi connectivity index (χ2v) is 10.3. The molecule has 0 aromatic carbocycles. The Labute approximate surface area is 126 Å². The minimum absolute atomic E-state index is 0.109. The predicted octanol–water partition coefficient (Wildman–Crippen LogP) is 4.22. The molecule has 0 aliphatic rings. The lowest BCUT2D eigenvalue weighted by Gasteiger charge is -2.34. The van der Waals surface area contributed by atoms with E-state index in [1.54, 1.807) is 7.05 Å². The molecular formula is C11H17BrClNO2S2. The van der Waals surface area contributed by atoms with Gasteiger partial charge in [0.25, 0.3) is 10.0 Å². The van der Waals surface area contributed by atoms with Crippen LogP contribution in [-0.2, 0) is 10.0 Å². The number of nitrogens with zero attached hydrogens (tertiary/aromatic N) is 1. The maximum absolute atomic E-state index is 12.4. The Morgan fingerprint density at radius 3 is 2.28 bits per heavy atom. The molecule has 0 aliphatic heterocycles. The Hall–Kier alpha value is 0.380. The second kappa shape index (κ2) is 5.40. The van der Waals surface area contributed by atoms with E-state index in [1.165, 1.54) is 10.4 Å². The first-order chi connectivity index (χ1) is 7.98. The number of sulfonamides is 1. The third kappa shape index (κ3) is 3.28. The smallest absolute Gasteiger partial charge is 0.206 e. The maximum atomic E-state index is 12.4. The molecular weight excluding hydrogens is 358 g/mol. The normalized spacial score (nSPS) is 15.1. The lowest BCUT2D eigenvalue weighted by molar-refractivity contribution is 0.217. The van der Waals surface area contributed by atoms with Crippen LogP contribution < -0.4 is 0 Å². The predicted molar refractivity (Wildman–Crippen MR) is 80.9 cm³/mol. The van der Waals surface area contributed by atoms with E-state index in [4.69, 9.17) is 11.6 Å². The second-order valence-electron chi connectivity index (χ2n) is 5.25. The van der Waals surface area contributed by atoms with Crippen molar-refractivity contribution in [1.82, 2.24) is 4.31 Å².